The lowest BCUT2D eigenvalue weighted by molar-refractivity contribution is 0.589. The molecule has 0 saturated heterocycles. The lowest BCUT2D eigenvalue weighted by Gasteiger charge is -2.32. The summed E-state index contributed by atoms with van der Waals surface area (Å²) in [6.45, 7) is 31.5. The maximum absolute atomic E-state index is 2.42. The first kappa shape index (κ1) is 44.7. The zero-order chi connectivity index (χ0) is 45.8. The lowest BCUT2D eigenvalue weighted by atomic mass is 9.80. The van der Waals surface area contributed by atoms with Gasteiger partial charge in [-0.3, -0.25) is 0 Å². The van der Waals surface area contributed by atoms with Gasteiger partial charge in [0.2, 0.25) is 0 Å². The van der Waals surface area contributed by atoms with Crippen LogP contribution in [0.25, 0.3) is 11.1 Å². The summed E-state index contributed by atoms with van der Waals surface area (Å²) in [7, 11) is 0. The van der Waals surface area contributed by atoms with Gasteiger partial charge in [-0.1, -0.05) is 137 Å². The van der Waals surface area contributed by atoms with E-state index in [4.69, 9.17) is 0 Å². The summed E-state index contributed by atoms with van der Waals surface area (Å²) in [4.78, 5) is 4.84. The SMILES string of the molecule is Cc1ccc(N(c2ccc(N(c3ccc(C)cc3)c3c(C)cc(C(C)(C)C)cc3C)cc2)c2c(C)cc(C(C)(C)C)cc2C)cc1.Cc1ccc2c(c1)C1CCCc3c(C)ccc-2c31. The molecular formula is C62H70N2. The van der Waals surface area contributed by atoms with Crippen molar-refractivity contribution in [3.05, 3.63) is 200 Å². The van der Waals surface area contributed by atoms with Gasteiger partial charge in [0, 0.05) is 28.7 Å². The lowest BCUT2D eigenvalue weighted by Crippen LogP contribution is -2.17. The molecule has 7 aromatic carbocycles. The van der Waals surface area contributed by atoms with Crippen molar-refractivity contribution >= 4 is 34.1 Å². The third-order valence-corrected chi connectivity index (χ3v) is 13.8. The molecule has 0 spiro atoms. The molecule has 9 rings (SSSR count). The first-order valence-corrected chi connectivity index (χ1v) is 23.6. The summed E-state index contributed by atoms with van der Waals surface area (Å²) in [6, 6.07) is 48.0. The molecule has 2 aliphatic carbocycles. The molecule has 328 valence electrons. The Hall–Kier alpha value is -5.86. The molecule has 64 heavy (non-hydrogen) atoms. The number of aryl methyl sites for hydroxylation is 8. The van der Waals surface area contributed by atoms with Crippen molar-refractivity contribution in [3.63, 3.8) is 0 Å². The van der Waals surface area contributed by atoms with Crippen LogP contribution in [0, 0.1) is 55.4 Å². The monoisotopic (exact) mass is 843 g/mol. The summed E-state index contributed by atoms with van der Waals surface area (Å²) >= 11 is 0. The van der Waals surface area contributed by atoms with Crippen LogP contribution in [0.1, 0.15) is 133 Å². The van der Waals surface area contributed by atoms with E-state index in [1.807, 2.05) is 0 Å². The first-order valence-electron chi connectivity index (χ1n) is 23.6. The van der Waals surface area contributed by atoms with Crippen LogP contribution in [0.2, 0.25) is 0 Å². The molecule has 0 bridgehead atoms. The number of hydrogen-bond acceptors (Lipinski definition) is 2. The van der Waals surface area contributed by atoms with E-state index in [0.29, 0.717) is 5.92 Å². The Kier molecular flexibility index (Phi) is 12.1. The summed E-state index contributed by atoms with van der Waals surface area (Å²) < 4.78 is 0. The van der Waals surface area contributed by atoms with Crippen molar-refractivity contribution in [2.24, 2.45) is 0 Å². The van der Waals surface area contributed by atoms with Gasteiger partial charge in [0.25, 0.3) is 0 Å². The van der Waals surface area contributed by atoms with E-state index < -0.39 is 0 Å². The van der Waals surface area contributed by atoms with Crippen LogP contribution in [0.5, 0.6) is 0 Å². The predicted octanol–water partition coefficient (Wildman–Crippen LogP) is 17.8. The third-order valence-electron chi connectivity index (χ3n) is 13.8. The molecule has 0 radical (unpaired) electrons. The van der Waals surface area contributed by atoms with E-state index in [1.165, 1.54) is 97.4 Å². The second-order valence-corrected chi connectivity index (χ2v) is 21.1. The molecular weight excluding hydrogens is 773 g/mol. The normalized spacial score (nSPS) is 14.1. The molecule has 0 aromatic heterocycles. The van der Waals surface area contributed by atoms with Crippen LogP contribution >= 0.6 is 0 Å². The molecule has 1 atom stereocenters. The standard InChI is InChI=1S/C44H52N2.C18H18/c1-29-13-17-37(18-14-29)45(41-31(3)25-35(26-32(41)4)43(7,8)9)39-21-23-40(24-22-39)46(38-19-15-30(2)16-20-38)42-33(5)27-36(28-34(42)6)44(10,11)12;1-11-6-8-14-16-9-7-12(2)13-4-3-5-15(18(13)16)17(14)10-11/h13-28H,1-12H3;6-10,15H,3-5H2,1-2H3. The predicted molar refractivity (Wildman–Crippen MR) is 278 cm³/mol. The molecule has 2 aliphatic rings. The Morgan fingerprint density at radius 2 is 0.781 bits per heavy atom. The van der Waals surface area contributed by atoms with Gasteiger partial charge in [-0.05, 0) is 201 Å². The van der Waals surface area contributed by atoms with Crippen molar-refractivity contribution < 1.29 is 0 Å². The summed E-state index contributed by atoms with van der Waals surface area (Å²) in [5, 5.41) is 0. The van der Waals surface area contributed by atoms with Gasteiger partial charge in [0.15, 0.2) is 0 Å². The number of nitrogens with zero attached hydrogens (tertiary/aromatic N) is 2. The van der Waals surface area contributed by atoms with E-state index in [1.54, 1.807) is 16.7 Å². The molecule has 0 amide bonds. The van der Waals surface area contributed by atoms with E-state index >= 15 is 0 Å². The van der Waals surface area contributed by atoms with Gasteiger partial charge in [-0.25, -0.2) is 0 Å². The van der Waals surface area contributed by atoms with Gasteiger partial charge in [-0.2, -0.15) is 0 Å². The molecule has 0 fully saturated rings. The van der Waals surface area contributed by atoms with E-state index in [9.17, 15) is 0 Å². The van der Waals surface area contributed by atoms with Crippen LogP contribution in [0.4, 0.5) is 34.1 Å². The van der Waals surface area contributed by atoms with Crippen molar-refractivity contribution in [1.29, 1.82) is 0 Å². The number of fused-ring (bicyclic) bond motifs is 3. The number of rotatable bonds is 6. The summed E-state index contributed by atoms with van der Waals surface area (Å²) in [5.41, 5.74) is 28.4. The van der Waals surface area contributed by atoms with Crippen LogP contribution in [0.15, 0.2) is 127 Å². The first-order chi connectivity index (χ1) is 30.3. The molecule has 0 saturated carbocycles. The highest BCUT2D eigenvalue weighted by atomic mass is 15.2. The molecule has 0 aliphatic heterocycles. The quantitative estimate of drug-likeness (QED) is 0.165. The van der Waals surface area contributed by atoms with Crippen LogP contribution < -0.4 is 9.80 Å². The smallest absolute Gasteiger partial charge is 0.0520 e. The Morgan fingerprint density at radius 3 is 1.19 bits per heavy atom. The Labute approximate surface area is 386 Å². The van der Waals surface area contributed by atoms with E-state index in [0.717, 1.165) is 22.7 Å². The van der Waals surface area contributed by atoms with Gasteiger partial charge >= 0.3 is 0 Å². The topological polar surface area (TPSA) is 6.48 Å². The average molecular weight is 843 g/mol. The van der Waals surface area contributed by atoms with Gasteiger partial charge < -0.3 is 9.80 Å². The fourth-order valence-corrected chi connectivity index (χ4v) is 10.3. The van der Waals surface area contributed by atoms with Crippen molar-refractivity contribution in [2.75, 3.05) is 9.80 Å². The van der Waals surface area contributed by atoms with Crippen molar-refractivity contribution in [1.82, 2.24) is 0 Å². The minimum Gasteiger partial charge on any atom is -0.310 e. The minimum atomic E-state index is 0.0885. The van der Waals surface area contributed by atoms with Crippen LogP contribution in [-0.4, -0.2) is 0 Å². The Morgan fingerprint density at radius 1 is 0.406 bits per heavy atom. The highest BCUT2D eigenvalue weighted by molar-refractivity contribution is 5.85. The number of benzene rings is 7. The highest BCUT2D eigenvalue weighted by Gasteiger charge is 2.33. The largest absolute Gasteiger partial charge is 0.310 e. The maximum Gasteiger partial charge on any atom is 0.0520 e. The molecule has 2 nitrogen and oxygen atoms in total. The Bertz CT molecular complexity index is 2640. The zero-order valence-corrected chi connectivity index (χ0v) is 41.2. The fourth-order valence-electron chi connectivity index (χ4n) is 10.3. The molecule has 0 heterocycles. The van der Waals surface area contributed by atoms with Crippen LogP contribution in [0.3, 0.4) is 0 Å². The number of anilines is 6. The van der Waals surface area contributed by atoms with Crippen molar-refractivity contribution in [3.8, 4) is 11.1 Å². The van der Waals surface area contributed by atoms with E-state index in [2.05, 4.69) is 234 Å². The van der Waals surface area contributed by atoms with Gasteiger partial charge in [0.05, 0.1) is 11.4 Å². The van der Waals surface area contributed by atoms with E-state index in [-0.39, 0.29) is 10.8 Å². The highest BCUT2D eigenvalue weighted by Crippen LogP contribution is 2.52. The Balaban J connectivity index is 0.000000255. The maximum atomic E-state index is 2.42. The summed E-state index contributed by atoms with van der Waals surface area (Å²) in [6.07, 6.45) is 3.95. The van der Waals surface area contributed by atoms with Gasteiger partial charge in [-0.15, -0.1) is 0 Å². The molecule has 1 unspecified atom stereocenters. The third kappa shape index (κ3) is 8.69. The molecule has 0 N–H and O–H groups in total. The molecule has 2 heteroatoms. The van der Waals surface area contributed by atoms with Crippen molar-refractivity contribution in [2.45, 2.75) is 133 Å². The average Bonchev–Trinajstić information content (AvgIpc) is 3.55. The zero-order valence-electron chi connectivity index (χ0n) is 41.2. The summed E-state index contributed by atoms with van der Waals surface area (Å²) in [5.74, 6) is 0.679. The second kappa shape index (κ2) is 17.3. The number of hydrogen-bond donors (Lipinski definition) is 0. The van der Waals surface area contributed by atoms with Crippen LogP contribution in [-0.2, 0) is 17.3 Å². The van der Waals surface area contributed by atoms with Gasteiger partial charge in [0.1, 0.15) is 0 Å². The second-order valence-electron chi connectivity index (χ2n) is 21.1. The minimum absolute atomic E-state index is 0.0885. The fraction of sp³-hybridized carbons (Fsp3) is 0.323. The molecule has 7 aromatic rings.